The summed E-state index contributed by atoms with van der Waals surface area (Å²) in [6.07, 6.45) is 7.43. The Hall–Kier alpha value is -6.33. The number of pyridine rings is 3. The summed E-state index contributed by atoms with van der Waals surface area (Å²) in [6, 6.07) is 47.6. The zero-order valence-corrected chi connectivity index (χ0v) is 24.8. The van der Waals surface area contributed by atoms with E-state index in [0.717, 1.165) is 72.5 Å². The van der Waals surface area contributed by atoms with E-state index in [0.29, 0.717) is 5.82 Å². The Balaban J connectivity index is 1.18. The van der Waals surface area contributed by atoms with Crippen molar-refractivity contribution in [3.63, 3.8) is 0 Å². The van der Waals surface area contributed by atoms with Crippen LogP contribution in [0.2, 0.25) is 0 Å². The van der Waals surface area contributed by atoms with Crippen LogP contribution in [0.5, 0.6) is 0 Å². The Morgan fingerprint density at radius 2 is 0.891 bits per heavy atom. The lowest BCUT2D eigenvalue weighted by Crippen LogP contribution is -1.97. The molecular weight excluding hydrogens is 562 g/mol. The maximum atomic E-state index is 5.02. The predicted molar refractivity (Wildman–Crippen MR) is 186 cm³/mol. The molecule has 0 aliphatic heterocycles. The number of rotatable bonds is 6. The monoisotopic (exact) mass is 589 g/mol. The number of benzene rings is 4. The van der Waals surface area contributed by atoms with E-state index in [1.807, 2.05) is 79.4 Å². The van der Waals surface area contributed by atoms with E-state index in [9.17, 15) is 0 Å². The molecule has 0 unspecified atom stereocenters. The van der Waals surface area contributed by atoms with Crippen molar-refractivity contribution in [1.29, 1.82) is 0 Å². The molecule has 46 heavy (non-hydrogen) atoms. The zero-order valence-electron chi connectivity index (χ0n) is 24.8. The van der Waals surface area contributed by atoms with Crippen LogP contribution in [0, 0.1) is 0 Å². The normalized spacial score (nSPS) is 11.0. The summed E-state index contributed by atoms with van der Waals surface area (Å²) in [7, 11) is 0. The van der Waals surface area contributed by atoms with E-state index >= 15 is 0 Å². The Morgan fingerprint density at radius 1 is 0.348 bits per heavy atom. The van der Waals surface area contributed by atoms with Crippen molar-refractivity contribution < 1.29 is 0 Å². The molecule has 0 saturated carbocycles. The molecule has 4 aromatic heterocycles. The fourth-order valence-corrected chi connectivity index (χ4v) is 5.63. The largest absolute Gasteiger partial charge is 0.265 e. The second-order valence-corrected chi connectivity index (χ2v) is 11.1. The molecule has 0 aliphatic rings. The van der Waals surface area contributed by atoms with Crippen LogP contribution < -0.4 is 0 Å². The van der Waals surface area contributed by atoms with Gasteiger partial charge in [-0.2, -0.15) is 0 Å². The second-order valence-electron chi connectivity index (χ2n) is 11.1. The molecule has 0 N–H and O–H groups in total. The minimum absolute atomic E-state index is 0.577. The molecule has 5 nitrogen and oxygen atoms in total. The average molecular weight is 590 g/mol. The first-order valence-corrected chi connectivity index (χ1v) is 15.1. The van der Waals surface area contributed by atoms with Crippen molar-refractivity contribution in [3.05, 3.63) is 164 Å². The molecule has 0 saturated heterocycles. The Labute approximate surface area is 267 Å². The standard InChI is InChI=1S/C41H27N5/c1-2-6-28(7-3-1)35-18-19-38(44-26-35)41-45-39(32-14-10-29(11-15-32)31-20-22-42-23-21-31)25-40(46-41)33-16-12-30(13-17-33)36-24-34-8-4-5-9-37(34)43-27-36/h1-27H. The number of hydrogen-bond acceptors (Lipinski definition) is 5. The van der Waals surface area contributed by atoms with E-state index < -0.39 is 0 Å². The van der Waals surface area contributed by atoms with Gasteiger partial charge < -0.3 is 0 Å². The van der Waals surface area contributed by atoms with E-state index in [1.165, 1.54) is 0 Å². The maximum absolute atomic E-state index is 5.02. The minimum Gasteiger partial charge on any atom is -0.265 e. The molecule has 4 heterocycles. The lowest BCUT2D eigenvalue weighted by Gasteiger charge is -2.11. The van der Waals surface area contributed by atoms with E-state index in [1.54, 1.807) is 0 Å². The average Bonchev–Trinajstić information content (AvgIpc) is 3.15. The summed E-state index contributed by atoms with van der Waals surface area (Å²) >= 11 is 0. The van der Waals surface area contributed by atoms with Gasteiger partial charge in [0.1, 0.15) is 5.69 Å². The van der Waals surface area contributed by atoms with Gasteiger partial charge in [-0.3, -0.25) is 15.0 Å². The molecule has 4 aromatic carbocycles. The Bertz CT molecular complexity index is 2160. The van der Waals surface area contributed by atoms with Gasteiger partial charge in [0.2, 0.25) is 0 Å². The molecule has 8 aromatic rings. The molecule has 5 heteroatoms. The quantitative estimate of drug-likeness (QED) is 0.193. The highest BCUT2D eigenvalue weighted by Gasteiger charge is 2.13. The maximum Gasteiger partial charge on any atom is 0.179 e. The smallest absolute Gasteiger partial charge is 0.179 e. The van der Waals surface area contributed by atoms with Crippen LogP contribution in [0.3, 0.4) is 0 Å². The van der Waals surface area contributed by atoms with Crippen LogP contribution in [-0.4, -0.2) is 24.9 Å². The number of fused-ring (bicyclic) bond motifs is 1. The topological polar surface area (TPSA) is 64.5 Å². The molecule has 0 amide bonds. The molecule has 216 valence electrons. The molecule has 0 fully saturated rings. The first kappa shape index (κ1) is 27.2. The summed E-state index contributed by atoms with van der Waals surface area (Å²) in [5.74, 6) is 0.577. The predicted octanol–water partition coefficient (Wildman–Crippen LogP) is 9.82. The fraction of sp³-hybridized carbons (Fsp3) is 0. The number of nitrogens with zero attached hydrogens (tertiary/aromatic N) is 5. The van der Waals surface area contributed by atoms with Gasteiger partial charge in [-0.1, -0.05) is 103 Å². The number of para-hydroxylation sites is 1. The molecule has 0 atom stereocenters. The Morgan fingerprint density at radius 3 is 1.57 bits per heavy atom. The van der Waals surface area contributed by atoms with Crippen molar-refractivity contribution in [3.8, 4) is 67.4 Å². The highest BCUT2D eigenvalue weighted by atomic mass is 14.9. The summed E-state index contributed by atoms with van der Waals surface area (Å²) in [4.78, 5) is 23.6. The van der Waals surface area contributed by atoms with Gasteiger partial charge in [0.05, 0.1) is 16.9 Å². The van der Waals surface area contributed by atoms with Crippen LogP contribution in [0.25, 0.3) is 78.3 Å². The SMILES string of the molecule is c1ccc(-c2ccc(-c3nc(-c4ccc(-c5ccncc5)cc4)cc(-c4ccc(-c5cnc6ccccc6c5)cc4)n3)nc2)cc1. The summed E-state index contributed by atoms with van der Waals surface area (Å²) < 4.78 is 0. The van der Waals surface area contributed by atoms with Gasteiger partial charge in [0.25, 0.3) is 0 Å². The van der Waals surface area contributed by atoms with Gasteiger partial charge in [0.15, 0.2) is 5.82 Å². The van der Waals surface area contributed by atoms with Crippen LogP contribution in [0.4, 0.5) is 0 Å². The van der Waals surface area contributed by atoms with E-state index in [2.05, 4.69) is 94.9 Å². The lowest BCUT2D eigenvalue weighted by molar-refractivity contribution is 1.15. The van der Waals surface area contributed by atoms with Gasteiger partial charge in [-0.25, -0.2) is 9.97 Å². The second kappa shape index (κ2) is 12.0. The first-order chi connectivity index (χ1) is 22.8. The Kier molecular flexibility index (Phi) is 7.09. The zero-order chi connectivity index (χ0) is 30.7. The number of hydrogen-bond donors (Lipinski definition) is 0. The van der Waals surface area contributed by atoms with Crippen LogP contribution in [0.15, 0.2) is 164 Å². The lowest BCUT2D eigenvalue weighted by atomic mass is 10.0. The minimum atomic E-state index is 0.577. The van der Waals surface area contributed by atoms with Gasteiger partial charge in [-0.15, -0.1) is 0 Å². The fourth-order valence-electron chi connectivity index (χ4n) is 5.63. The third kappa shape index (κ3) is 5.53. The van der Waals surface area contributed by atoms with Crippen molar-refractivity contribution in [2.24, 2.45) is 0 Å². The van der Waals surface area contributed by atoms with Gasteiger partial charge >= 0.3 is 0 Å². The molecule has 0 aliphatic carbocycles. The van der Waals surface area contributed by atoms with Crippen molar-refractivity contribution >= 4 is 10.9 Å². The molecule has 0 radical (unpaired) electrons. The van der Waals surface area contributed by atoms with E-state index in [-0.39, 0.29) is 0 Å². The van der Waals surface area contributed by atoms with Crippen LogP contribution >= 0.6 is 0 Å². The summed E-state index contributed by atoms with van der Waals surface area (Å²) in [5.41, 5.74) is 11.9. The third-order valence-electron chi connectivity index (χ3n) is 8.12. The molecule has 8 rings (SSSR count). The summed E-state index contributed by atoms with van der Waals surface area (Å²) in [6.45, 7) is 0. The molecule has 0 spiro atoms. The van der Waals surface area contributed by atoms with Crippen molar-refractivity contribution in [2.45, 2.75) is 0 Å². The third-order valence-corrected chi connectivity index (χ3v) is 8.12. The number of aromatic nitrogens is 5. The highest BCUT2D eigenvalue weighted by Crippen LogP contribution is 2.31. The van der Waals surface area contributed by atoms with Gasteiger partial charge in [-0.05, 0) is 58.7 Å². The van der Waals surface area contributed by atoms with Crippen LogP contribution in [0.1, 0.15) is 0 Å². The van der Waals surface area contributed by atoms with Crippen LogP contribution in [-0.2, 0) is 0 Å². The summed E-state index contributed by atoms with van der Waals surface area (Å²) in [5, 5.41) is 1.12. The van der Waals surface area contributed by atoms with E-state index in [4.69, 9.17) is 15.0 Å². The van der Waals surface area contributed by atoms with Crippen molar-refractivity contribution in [2.75, 3.05) is 0 Å². The van der Waals surface area contributed by atoms with Crippen molar-refractivity contribution in [1.82, 2.24) is 24.9 Å². The van der Waals surface area contributed by atoms with Gasteiger partial charge in [0, 0.05) is 52.4 Å². The highest BCUT2D eigenvalue weighted by molar-refractivity contribution is 5.84. The molecular formula is C41H27N5. The first-order valence-electron chi connectivity index (χ1n) is 15.1. The molecule has 0 bridgehead atoms.